The van der Waals surface area contributed by atoms with Crippen LogP contribution in [0.15, 0.2) is 24.3 Å². The van der Waals surface area contributed by atoms with Gasteiger partial charge in [0.2, 0.25) is 5.91 Å². The third-order valence-corrected chi connectivity index (χ3v) is 4.52. The number of nitrogens with one attached hydrogen (secondary N) is 1. The van der Waals surface area contributed by atoms with Crippen LogP contribution in [0.4, 0.5) is 0 Å². The van der Waals surface area contributed by atoms with Gasteiger partial charge < -0.3 is 10.4 Å². The van der Waals surface area contributed by atoms with E-state index in [-0.39, 0.29) is 11.7 Å². The van der Waals surface area contributed by atoms with E-state index in [1.165, 1.54) is 11.8 Å². The maximum absolute atomic E-state index is 11.8. The van der Waals surface area contributed by atoms with Gasteiger partial charge in [0.05, 0.1) is 5.75 Å². The highest BCUT2D eigenvalue weighted by molar-refractivity contribution is 7.99. The average molecular weight is 348 g/mol. The maximum atomic E-state index is 11.8. The molecule has 1 amide bonds. The Morgan fingerprint density at radius 1 is 1.43 bits per heavy atom. The zero-order valence-electron chi connectivity index (χ0n) is 11.7. The summed E-state index contributed by atoms with van der Waals surface area (Å²) in [6.45, 7) is 0. The summed E-state index contributed by atoms with van der Waals surface area (Å²) in [4.78, 5) is 22.8. The smallest absolute Gasteiger partial charge is 0.326 e. The van der Waals surface area contributed by atoms with E-state index >= 15 is 0 Å². The van der Waals surface area contributed by atoms with Gasteiger partial charge in [-0.25, -0.2) is 4.79 Å². The predicted octanol–water partition coefficient (Wildman–Crippen LogP) is 2.90. The van der Waals surface area contributed by atoms with E-state index < -0.39 is 12.0 Å². The van der Waals surface area contributed by atoms with Gasteiger partial charge in [0.25, 0.3) is 0 Å². The second-order valence-electron chi connectivity index (χ2n) is 4.36. The summed E-state index contributed by atoms with van der Waals surface area (Å²) < 4.78 is 0. The Morgan fingerprint density at radius 3 is 2.81 bits per heavy atom. The van der Waals surface area contributed by atoms with Crippen molar-refractivity contribution in [3.8, 4) is 0 Å². The van der Waals surface area contributed by atoms with Crippen molar-refractivity contribution in [1.82, 2.24) is 5.32 Å². The van der Waals surface area contributed by atoms with Crippen LogP contribution in [-0.4, -0.2) is 40.8 Å². The molecule has 0 spiro atoms. The summed E-state index contributed by atoms with van der Waals surface area (Å²) in [6, 6.07) is 6.64. The van der Waals surface area contributed by atoms with Crippen molar-refractivity contribution in [3.63, 3.8) is 0 Å². The number of carboxylic acid groups (broad SMARTS) is 1. The van der Waals surface area contributed by atoms with E-state index in [4.69, 9.17) is 16.7 Å². The van der Waals surface area contributed by atoms with E-state index in [1.54, 1.807) is 17.8 Å². The van der Waals surface area contributed by atoms with Crippen LogP contribution in [0.5, 0.6) is 0 Å². The molecule has 0 radical (unpaired) electrons. The second-order valence-corrected chi connectivity index (χ2v) is 6.77. The molecule has 1 atom stereocenters. The van der Waals surface area contributed by atoms with Crippen LogP contribution in [0.2, 0.25) is 5.02 Å². The Balaban J connectivity index is 2.34. The molecule has 21 heavy (non-hydrogen) atoms. The molecule has 0 saturated heterocycles. The Kier molecular flexibility index (Phi) is 8.64. The first-order valence-electron chi connectivity index (χ1n) is 6.36. The number of hydrogen-bond donors (Lipinski definition) is 2. The lowest BCUT2D eigenvalue weighted by Gasteiger charge is -2.13. The topological polar surface area (TPSA) is 66.4 Å². The van der Waals surface area contributed by atoms with Crippen molar-refractivity contribution in [2.45, 2.75) is 18.2 Å². The Morgan fingerprint density at radius 2 is 2.19 bits per heavy atom. The first kappa shape index (κ1) is 18.2. The monoisotopic (exact) mass is 347 g/mol. The first-order valence-corrected chi connectivity index (χ1v) is 9.29. The van der Waals surface area contributed by atoms with Crippen LogP contribution >= 0.6 is 35.1 Å². The zero-order valence-corrected chi connectivity index (χ0v) is 14.1. The molecule has 1 aromatic rings. The van der Waals surface area contributed by atoms with Gasteiger partial charge in [-0.1, -0.05) is 23.7 Å². The number of amides is 1. The average Bonchev–Trinajstić information content (AvgIpc) is 2.43. The molecule has 2 N–H and O–H groups in total. The molecule has 1 rings (SSSR count). The highest BCUT2D eigenvalue weighted by Crippen LogP contribution is 2.16. The van der Waals surface area contributed by atoms with Gasteiger partial charge in [0, 0.05) is 10.8 Å². The molecule has 0 heterocycles. The van der Waals surface area contributed by atoms with Gasteiger partial charge in [0.15, 0.2) is 0 Å². The molecule has 1 unspecified atom stereocenters. The number of rotatable bonds is 9. The molecule has 0 fully saturated rings. The highest BCUT2D eigenvalue weighted by atomic mass is 35.5. The molecule has 0 aliphatic rings. The molecule has 7 heteroatoms. The largest absolute Gasteiger partial charge is 0.480 e. The molecule has 0 aliphatic heterocycles. The standard InChI is InChI=1S/C14H18ClNO3S2/c1-20-6-5-12(14(18)19)16-13(17)9-21-8-10-3-2-4-11(15)7-10/h2-4,7,12H,5-6,8-9H2,1H3,(H,16,17)(H,18,19). The minimum Gasteiger partial charge on any atom is -0.480 e. The quantitative estimate of drug-likeness (QED) is 0.719. The number of hydrogen-bond acceptors (Lipinski definition) is 4. The van der Waals surface area contributed by atoms with Crippen LogP contribution in [-0.2, 0) is 15.3 Å². The molecular formula is C14H18ClNO3S2. The van der Waals surface area contributed by atoms with Gasteiger partial charge in [-0.05, 0) is 36.1 Å². The fourth-order valence-corrected chi connectivity index (χ4v) is 3.09. The number of carboxylic acids is 1. The van der Waals surface area contributed by atoms with Gasteiger partial charge in [-0.15, -0.1) is 11.8 Å². The molecule has 0 bridgehead atoms. The minimum atomic E-state index is -0.989. The summed E-state index contributed by atoms with van der Waals surface area (Å²) in [6.07, 6.45) is 2.34. The van der Waals surface area contributed by atoms with Crippen molar-refractivity contribution in [2.75, 3.05) is 17.8 Å². The number of halogens is 1. The molecule has 4 nitrogen and oxygen atoms in total. The molecular weight excluding hydrogens is 330 g/mol. The van der Waals surface area contributed by atoms with Crippen molar-refractivity contribution in [3.05, 3.63) is 34.9 Å². The Hall–Kier alpha value is -0.850. The summed E-state index contributed by atoms with van der Waals surface area (Å²) in [5, 5.41) is 12.3. The van der Waals surface area contributed by atoms with E-state index in [0.29, 0.717) is 22.9 Å². The molecule has 1 aromatic carbocycles. The third kappa shape index (κ3) is 7.64. The van der Waals surface area contributed by atoms with Crippen molar-refractivity contribution < 1.29 is 14.7 Å². The van der Waals surface area contributed by atoms with Crippen LogP contribution in [0.1, 0.15) is 12.0 Å². The molecule has 0 saturated carbocycles. The van der Waals surface area contributed by atoms with Crippen LogP contribution in [0.25, 0.3) is 0 Å². The maximum Gasteiger partial charge on any atom is 0.326 e. The van der Waals surface area contributed by atoms with Gasteiger partial charge in [0.1, 0.15) is 6.04 Å². The Labute approximate surface area is 138 Å². The number of aliphatic carboxylic acids is 1. The number of benzene rings is 1. The SMILES string of the molecule is CSCCC(NC(=O)CSCc1cccc(Cl)c1)C(=O)O. The first-order chi connectivity index (χ1) is 10.0. The molecule has 116 valence electrons. The van der Waals surface area contributed by atoms with E-state index in [0.717, 1.165) is 5.56 Å². The summed E-state index contributed by atoms with van der Waals surface area (Å²) in [5.74, 6) is 0.353. The summed E-state index contributed by atoms with van der Waals surface area (Å²) in [7, 11) is 0. The van der Waals surface area contributed by atoms with Gasteiger partial charge in [-0.2, -0.15) is 11.8 Å². The van der Waals surface area contributed by atoms with Crippen molar-refractivity contribution in [1.29, 1.82) is 0 Å². The van der Waals surface area contributed by atoms with Crippen LogP contribution < -0.4 is 5.32 Å². The third-order valence-electron chi connectivity index (χ3n) is 2.63. The summed E-state index contributed by atoms with van der Waals surface area (Å²) in [5.41, 5.74) is 1.04. The number of thioether (sulfide) groups is 2. The summed E-state index contributed by atoms with van der Waals surface area (Å²) >= 11 is 8.87. The minimum absolute atomic E-state index is 0.232. The number of carbonyl (C=O) groups excluding carboxylic acids is 1. The number of carbonyl (C=O) groups is 2. The highest BCUT2D eigenvalue weighted by Gasteiger charge is 2.19. The van der Waals surface area contributed by atoms with Gasteiger partial charge >= 0.3 is 5.97 Å². The van der Waals surface area contributed by atoms with Crippen molar-refractivity contribution >= 4 is 47.0 Å². The predicted molar refractivity (Wildman–Crippen MR) is 90.2 cm³/mol. The van der Waals surface area contributed by atoms with E-state index in [9.17, 15) is 9.59 Å². The van der Waals surface area contributed by atoms with E-state index in [2.05, 4.69) is 5.32 Å². The zero-order chi connectivity index (χ0) is 15.7. The second kappa shape index (κ2) is 9.97. The lowest BCUT2D eigenvalue weighted by molar-refractivity contribution is -0.141. The normalized spacial score (nSPS) is 11.9. The fourth-order valence-electron chi connectivity index (χ4n) is 1.62. The molecule has 0 aromatic heterocycles. The lowest BCUT2D eigenvalue weighted by Crippen LogP contribution is -2.42. The lowest BCUT2D eigenvalue weighted by atomic mass is 10.2. The van der Waals surface area contributed by atoms with Crippen molar-refractivity contribution in [2.24, 2.45) is 0 Å². The van der Waals surface area contributed by atoms with Crippen LogP contribution in [0, 0.1) is 0 Å². The van der Waals surface area contributed by atoms with E-state index in [1.807, 2.05) is 24.5 Å². The van der Waals surface area contributed by atoms with Gasteiger partial charge in [-0.3, -0.25) is 4.79 Å². The van der Waals surface area contributed by atoms with Crippen LogP contribution in [0.3, 0.4) is 0 Å². The molecule has 0 aliphatic carbocycles. The fraction of sp³-hybridized carbons (Fsp3) is 0.429. The Bertz CT molecular complexity index is 485.